The smallest absolute Gasteiger partial charge is 0.359 e. The van der Waals surface area contributed by atoms with Crippen LogP contribution in [0.3, 0.4) is 0 Å². The number of anilines is 1. The molecule has 0 aliphatic carbocycles. The van der Waals surface area contributed by atoms with E-state index in [2.05, 4.69) is 17.2 Å². The Balaban J connectivity index is 1.56. The largest absolute Gasteiger partial charge is 0.481 e. The molecule has 0 amide bonds. The fraction of sp³-hybridized carbons (Fsp3) is 0.190. The van der Waals surface area contributed by atoms with E-state index in [9.17, 15) is 4.79 Å². The molecule has 0 radical (unpaired) electrons. The third-order valence-corrected chi connectivity index (χ3v) is 4.45. The average Bonchev–Trinajstić information content (AvgIpc) is 2.62. The van der Waals surface area contributed by atoms with E-state index < -0.39 is 5.63 Å². The van der Waals surface area contributed by atoms with Crippen LogP contribution in [-0.2, 0) is 0 Å². The number of rotatable bonds is 4. The van der Waals surface area contributed by atoms with Gasteiger partial charge in [0.15, 0.2) is 0 Å². The lowest BCUT2D eigenvalue weighted by atomic mass is 10.1. The fourth-order valence-electron chi connectivity index (χ4n) is 2.55. The number of hydrogen-bond acceptors (Lipinski definition) is 4. The highest BCUT2D eigenvalue weighted by Gasteiger charge is 2.04. The summed E-state index contributed by atoms with van der Waals surface area (Å²) in [6, 6.07) is 12.9. The third-order valence-electron chi connectivity index (χ3n) is 3.85. The normalized spacial score (nSPS) is 10.3. The van der Waals surface area contributed by atoms with Gasteiger partial charge in [0, 0.05) is 10.4 Å². The second kappa shape index (κ2) is 7.99. The number of hydrogen-bond donors (Lipinski definition) is 1. The molecule has 1 aromatic heterocycles. The zero-order valence-electron chi connectivity index (χ0n) is 14.6. The van der Waals surface area contributed by atoms with Crippen molar-refractivity contribution >= 4 is 28.3 Å². The first-order chi connectivity index (χ1) is 12.5. The number of nitrogens with one attached hydrogen (secondary N) is 1. The topological polar surface area (TPSA) is 51.5 Å². The van der Waals surface area contributed by atoms with Gasteiger partial charge in [-0.1, -0.05) is 41.6 Å². The first kappa shape index (κ1) is 17.9. The van der Waals surface area contributed by atoms with Crippen LogP contribution in [0, 0.1) is 25.7 Å². The van der Waals surface area contributed by atoms with Crippen LogP contribution in [0.5, 0.6) is 5.75 Å². The summed E-state index contributed by atoms with van der Waals surface area (Å²) in [4.78, 5) is 11.9. The highest BCUT2D eigenvalue weighted by molar-refractivity contribution is 6.32. The Morgan fingerprint density at radius 1 is 1.12 bits per heavy atom. The Labute approximate surface area is 156 Å². The van der Waals surface area contributed by atoms with Gasteiger partial charge in [0.2, 0.25) is 0 Å². The fourth-order valence-corrected chi connectivity index (χ4v) is 2.66. The SMILES string of the molecule is Cc1cc(OCC#CCNc2cc3ccccc3oc2=O)cc(C)c1Cl. The Morgan fingerprint density at radius 2 is 1.85 bits per heavy atom. The predicted octanol–water partition coefficient (Wildman–Crippen LogP) is 4.56. The molecule has 3 rings (SSSR count). The van der Waals surface area contributed by atoms with Gasteiger partial charge in [-0.15, -0.1) is 0 Å². The number of fused-ring (bicyclic) bond motifs is 1. The summed E-state index contributed by atoms with van der Waals surface area (Å²) in [6.07, 6.45) is 0. The summed E-state index contributed by atoms with van der Waals surface area (Å²) in [7, 11) is 0. The van der Waals surface area contributed by atoms with Crippen LogP contribution in [0.2, 0.25) is 5.02 Å². The van der Waals surface area contributed by atoms with Crippen molar-refractivity contribution in [2.45, 2.75) is 13.8 Å². The van der Waals surface area contributed by atoms with E-state index in [1.807, 2.05) is 44.2 Å². The van der Waals surface area contributed by atoms with Gasteiger partial charge < -0.3 is 14.5 Å². The predicted molar refractivity (Wildman–Crippen MR) is 105 cm³/mol. The zero-order valence-corrected chi connectivity index (χ0v) is 15.3. The Bertz CT molecular complexity index is 1040. The lowest BCUT2D eigenvalue weighted by Crippen LogP contribution is -2.10. The third kappa shape index (κ3) is 4.19. The molecule has 3 aromatic rings. The molecular weight excluding hydrogens is 350 g/mol. The van der Waals surface area contributed by atoms with E-state index in [1.165, 1.54) is 0 Å². The molecule has 2 aromatic carbocycles. The summed E-state index contributed by atoms with van der Waals surface area (Å²) in [5.74, 6) is 6.58. The first-order valence-corrected chi connectivity index (χ1v) is 8.54. The Morgan fingerprint density at radius 3 is 2.62 bits per heavy atom. The van der Waals surface area contributed by atoms with Crippen molar-refractivity contribution in [3.63, 3.8) is 0 Å². The van der Waals surface area contributed by atoms with Crippen molar-refractivity contribution < 1.29 is 9.15 Å². The molecule has 132 valence electrons. The van der Waals surface area contributed by atoms with Gasteiger partial charge in [0.1, 0.15) is 23.6 Å². The standard InChI is InChI=1S/C21H18ClNO3/c1-14-11-17(12-15(2)20(14)22)25-10-6-5-9-23-18-13-16-7-3-4-8-19(16)26-21(18)24/h3-4,7-8,11-13,23H,9-10H2,1-2H3. The zero-order chi connectivity index (χ0) is 18.5. The summed E-state index contributed by atoms with van der Waals surface area (Å²) >= 11 is 6.13. The van der Waals surface area contributed by atoms with E-state index in [1.54, 1.807) is 12.1 Å². The molecule has 1 heterocycles. The molecule has 0 saturated heterocycles. The van der Waals surface area contributed by atoms with Gasteiger partial charge in [0.05, 0.1) is 6.54 Å². The molecule has 0 fully saturated rings. The van der Waals surface area contributed by atoms with Crippen molar-refractivity contribution in [2.75, 3.05) is 18.5 Å². The maximum atomic E-state index is 11.9. The van der Waals surface area contributed by atoms with Crippen molar-refractivity contribution in [3.05, 3.63) is 69.0 Å². The molecule has 26 heavy (non-hydrogen) atoms. The maximum Gasteiger partial charge on any atom is 0.359 e. The van der Waals surface area contributed by atoms with E-state index in [-0.39, 0.29) is 6.61 Å². The highest BCUT2D eigenvalue weighted by atomic mass is 35.5. The number of benzene rings is 2. The quantitative estimate of drug-likeness (QED) is 0.542. The van der Waals surface area contributed by atoms with Gasteiger partial charge in [-0.2, -0.15) is 0 Å². The monoisotopic (exact) mass is 367 g/mol. The van der Waals surface area contributed by atoms with Gasteiger partial charge in [-0.05, 0) is 49.2 Å². The minimum atomic E-state index is -0.408. The van der Waals surface area contributed by atoms with Crippen molar-refractivity contribution in [3.8, 4) is 17.6 Å². The summed E-state index contributed by atoms with van der Waals surface area (Å²) in [5, 5.41) is 4.59. The van der Waals surface area contributed by atoms with Crippen LogP contribution in [0.25, 0.3) is 11.0 Å². The van der Waals surface area contributed by atoms with E-state index >= 15 is 0 Å². The minimum Gasteiger partial charge on any atom is -0.481 e. The van der Waals surface area contributed by atoms with Crippen molar-refractivity contribution in [2.24, 2.45) is 0 Å². The molecular formula is C21H18ClNO3. The molecule has 0 atom stereocenters. The molecule has 0 spiro atoms. The van der Waals surface area contributed by atoms with Crippen LogP contribution >= 0.6 is 11.6 Å². The summed E-state index contributed by atoms with van der Waals surface area (Å²) in [6.45, 7) is 4.46. The van der Waals surface area contributed by atoms with Crippen LogP contribution < -0.4 is 15.7 Å². The van der Waals surface area contributed by atoms with Crippen LogP contribution in [-0.4, -0.2) is 13.2 Å². The highest BCUT2D eigenvalue weighted by Crippen LogP contribution is 2.25. The first-order valence-electron chi connectivity index (χ1n) is 8.16. The van der Waals surface area contributed by atoms with Gasteiger partial charge in [-0.25, -0.2) is 4.79 Å². The van der Waals surface area contributed by atoms with Crippen molar-refractivity contribution in [1.82, 2.24) is 0 Å². The van der Waals surface area contributed by atoms with Gasteiger partial charge in [0.25, 0.3) is 0 Å². The Kier molecular flexibility index (Phi) is 5.50. The second-order valence-electron chi connectivity index (χ2n) is 5.85. The second-order valence-corrected chi connectivity index (χ2v) is 6.23. The molecule has 4 nitrogen and oxygen atoms in total. The molecule has 0 saturated carbocycles. The van der Waals surface area contributed by atoms with Crippen LogP contribution in [0.1, 0.15) is 11.1 Å². The number of aryl methyl sites for hydroxylation is 2. The van der Waals surface area contributed by atoms with E-state index in [4.69, 9.17) is 20.8 Å². The minimum absolute atomic E-state index is 0.258. The Hall–Kier alpha value is -2.90. The van der Waals surface area contributed by atoms with Crippen LogP contribution in [0.15, 0.2) is 51.7 Å². The van der Waals surface area contributed by atoms with Crippen molar-refractivity contribution in [1.29, 1.82) is 0 Å². The van der Waals surface area contributed by atoms with Gasteiger partial charge in [-0.3, -0.25) is 0 Å². The van der Waals surface area contributed by atoms with E-state index in [0.29, 0.717) is 17.8 Å². The number of halogens is 1. The molecule has 0 bridgehead atoms. The summed E-state index contributed by atoms with van der Waals surface area (Å²) in [5.41, 5.74) is 2.49. The lowest BCUT2D eigenvalue weighted by molar-refractivity contribution is 0.369. The maximum absolute atomic E-state index is 11.9. The molecule has 0 aliphatic heterocycles. The number of para-hydroxylation sites is 1. The van der Waals surface area contributed by atoms with E-state index in [0.717, 1.165) is 27.3 Å². The lowest BCUT2D eigenvalue weighted by Gasteiger charge is -2.07. The average molecular weight is 368 g/mol. The molecule has 1 N–H and O–H groups in total. The van der Waals surface area contributed by atoms with Crippen LogP contribution in [0.4, 0.5) is 5.69 Å². The molecule has 5 heteroatoms. The molecule has 0 aliphatic rings. The molecule has 0 unspecified atom stereocenters. The van der Waals surface area contributed by atoms with Gasteiger partial charge >= 0.3 is 5.63 Å². The summed E-state index contributed by atoms with van der Waals surface area (Å²) < 4.78 is 10.9. The number of ether oxygens (including phenoxy) is 1.